The number of nitro groups is 1. The number of amides is 1. The Morgan fingerprint density at radius 3 is 2.65 bits per heavy atom. The van der Waals surface area contributed by atoms with E-state index >= 15 is 0 Å². The fraction of sp³-hybridized carbons (Fsp3) is 0.222. The third kappa shape index (κ3) is 5.82. The quantitative estimate of drug-likeness (QED) is 0.455. The largest absolute Gasteiger partial charge is 0.493 e. The maximum Gasteiger partial charge on any atom is 0.270 e. The number of nitrogens with zero attached hydrogens (tertiary/aromatic N) is 1. The maximum absolute atomic E-state index is 12.2. The summed E-state index contributed by atoms with van der Waals surface area (Å²) in [6, 6.07) is 12.6. The van der Waals surface area contributed by atoms with Gasteiger partial charge < -0.3 is 10.1 Å². The first-order valence-electron chi connectivity index (χ1n) is 7.95. The van der Waals surface area contributed by atoms with Gasteiger partial charge in [0.25, 0.3) is 11.6 Å². The SMILES string of the molecule is CC(C)COc1cccc(NC(=S)NC(=O)c2cccc([N+](=O)[O-])c2)c1. The number of hydrogen-bond acceptors (Lipinski definition) is 5. The molecule has 0 saturated carbocycles. The van der Waals surface area contributed by atoms with Crippen molar-refractivity contribution in [3.8, 4) is 5.75 Å². The van der Waals surface area contributed by atoms with Crippen LogP contribution in [0.1, 0.15) is 24.2 Å². The minimum atomic E-state index is -0.560. The number of ether oxygens (including phenoxy) is 1. The zero-order chi connectivity index (χ0) is 19.1. The molecule has 0 saturated heterocycles. The lowest BCUT2D eigenvalue weighted by Crippen LogP contribution is -2.34. The maximum atomic E-state index is 12.2. The molecular weight excluding hydrogens is 354 g/mol. The zero-order valence-electron chi connectivity index (χ0n) is 14.4. The smallest absolute Gasteiger partial charge is 0.270 e. The molecule has 0 aromatic heterocycles. The molecule has 0 aliphatic rings. The second-order valence-corrected chi connectivity index (χ2v) is 6.36. The molecule has 7 nitrogen and oxygen atoms in total. The number of nitrogens with one attached hydrogen (secondary N) is 2. The summed E-state index contributed by atoms with van der Waals surface area (Å²) >= 11 is 5.13. The van der Waals surface area contributed by atoms with Crippen LogP contribution in [0.5, 0.6) is 5.75 Å². The Morgan fingerprint density at radius 2 is 1.96 bits per heavy atom. The number of carbonyl (C=O) groups excluding carboxylic acids is 1. The van der Waals surface area contributed by atoms with E-state index in [1.807, 2.05) is 12.1 Å². The van der Waals surface area contributed by atoms with Crippen molar-refractivity contribution in [1.29, 1.82) is 0 Å². The number of non-ortho nitro benzene ring substituents is 1. The Morgan fingerprint density at radius 1 is 1.23 bits per heavy atom. The lowest BCUT2D eigenvalue weighted by molar-refractivity contribution is -0.384. The molecule has 1 amide bonds. The van der Waals surface area contributed by atoms with Gasteiger partial charge in [-0.05, 0) is 36.3 Å². The Hall–Kier alpha value is -3.00. The van der Waals surface area contributed by atoms with Crippen molar-refractivity contribution in [3.05, 3.63) is 64.2 Å². The Kier molecular flexibility index (Phi) is 6.62. The molecule has 0 bridgehead atoms. The van der Waals surface area contributed by atoms with E-state index in [-0.39, 0.29) is 16.4 Å². The fourth-order valence-corrected chi connectivity index (χ4v) is 2.24. The van der Waals surface area contributed by atoms with Crippen molar-refractivity contribution < 1.29 is 14.5 Å². The van der Waals surface area contributed by atoms with E-state index in [0.717, 1.165) is 0 Å². The molecule has 0 spiro atoms. The van der Waals surface area contributed by atoms with Gasteiger partial charge in [0.15, 0.2) is 5.11 Å². The molecular formula is C18H19N3O4S. The van der Waals surface area contributed by atoms with E-state index in [0.29, 0.717) is 24.0 Å². The molecule has 2 N–H and O–H groups in total. The molecule has 2 aromatic carbocycles. The topological polar surface area (TPSA) is 93.5 Å². The van der Waals surface area contributed by atoms with E-state index in [9.17, 15) is 14.9 Å². The molecule has 0 aliphatic carbocycles. The van der Waals surface area contributed by atoms with Crippen molar-refractivity contribution in [1.82, 2.24) is 5.32 Å². The van der Waals surface area contributed by atoms with Crippen LogP contribution in [0.2, 0.25) is 0 Å². The molecule has 0 heterocycles. The predicted molar refractivity (Wildman–Crippen MR) is 104 cm³/mol. The Balaban J connectivity index is 1.98. The van der Waals surface area contributed by atoms with Crippen LogP contribution >= 0.6 is 12.2 Å². The van der Waals surface area contributed by atoms with Gasteiger partial charge in [0.05, 0.1) is 11.5 Å². The highest BCUT2D eigenvalue weighted by molar-refractivity contribution is 7.80. The number of benzene rings is 2. The van der Waals surface area contributed by atoms with Crippen LogP contribution in [0.4, 0.5) is 11.4 Å². The molecule has 0 unspecified atom stereocenters. The second kappa shape index (κ2) is 8.91. The first kappa shape index (κ1) is 19.3. The molecule has 0 aliphatic heterocycles. The molecule has 26 heavy (non-hydrogen) atoms. The monoisotopic (exact) mass is 373 g/mol. The van der Waals surface area contributed by atoms with Crippen LogP contribution in [0, 0.1) is 16.0 Å². The normalized spacial score (nSPS) is 10.3. The van der Waals surface area contributed by atoms with E-state index < -0.39 is 10.8 Å². The van der Waals surface area contributed by atoms with Gasteiger partial charge in [0.1, 0.15) is 5.75 Å². The van der Waals surface area contributed by atoms with Crippen LogP contribution in [0.25, 0.3) is 0 Å². The van der Waals surface area contributed by atoms with Crippen LogP contribution in [-0.4, -0.2) is 22.5 Å². The summed E-state index contributed by atoms with van der Waals surface area (Å²) in [6.07, 6.45) is 0. The van der Waals surface area contributed by atoms with Gasteiger partial charge in [-0.3, -0.25) is 20.2 Å². The first-order chi connectivity index (χ1) is 12.3. The highest BCUT2D eigenvalue weighted by Gasteiger charge is 2.12. The summed E-state index contributed by atoms with van der Waals surface area (Å²) in [6.45, 7) is 4.71. The van der Waals surface area contributed by atoms with Crippen LogP contribution in [-0.2, 0) is 0 Å². The average molecular weight is 373 g/mol. The van der Waals surface area contributed by atoms with Gasteiger partial charge in [0, 0.05) is 29.4 Å². The minimum Gasteiger partial charge on any atom is -0.493 e. The summed E-state index contributed by atoms with van der Waals surface area (Å²) in [4.78, 5) is 22.4. The highest BCUT2D eigenvalue weighted by atomic mass is 32.1. The average Bonchev–Trinajstić information content (AvgIpc) is 2.60. The molecule has 8 heteroatoms. The van der Waals surface area contributed by atoms with E-state index in [1.165, 1.54) is 24.3 Å². The van der Waals surface area contributed by atoms with Crippen molar-refractivity contribution in [3.63, 3.8) is 0 Å². The first-order valence-corrected chi connectivity index (χ1v) is 8.35. The lowest BCUT2D eigenvalue weighted by atomic mass is 10.2. The van der Waals surface area contributed by atoms with Crippen molar-refractivity contribution in [2.45, 2.75) is 13.8 Å². The fourth-order valence-electron chi connectivity index (χ4n) is 2.02. The summed E-state index contributed by atoms with van der Waals surface area (Å²) in [5, 5.41) is 16.3. The van der Waals surface area contributed by atoms with Crippen molar-refractivity contribution in [2.24, 2.45) is 5.92 Å². The number of anilines is 1. The third-order valence-electron chi connectivity index (χ3n) is 3.22. The number of thiocarbonyl (C=S) groups is 1. The second-order valence-electron chi connectivity index (χ2n) is 5.95. The van der Waals surface area contributed by atoms with Gasteiger partial charge in [0.2, 0.25) is 0 Å². The number of rotatable bonds is 6. The number of carbonyl (C=O) groups is 1. The standard InChI is InChI=1S/C18H19N3O4S/c1-12(2)11-25-16-8-4-6-14(10-16)19-18(26)20-17(22)13-5-3-7-15(9-13)21(23)24/h3-10,12H,11H2,1-2H3,(H2,19,20,22,26). The van der Waals surface area contributed by atoms with Gasteiger partial charge in [-0.15, -0.1) is 0 Å². The van der Waals surface area contributed by atoms with Crippen LogP contribution in [0.15, 0.2) is 48.5 Å². The van der Waals surface area contributed by atoms with Gasteiger partial charge in [-0.1, -0.05) is 26.0 Å². The zero-order valence-corrected chi connectivity index (χ0v) is 15.2. The van der Waals surface area contributed by atoms with Crippen molar-refractivity contribution >= 4 is 34.6 Å². The van der Waals surface area contributed by atoms with E-state index in [1.54, 1.807) is 12.1 Å². The molecule has 0 radical (unpaired) electrons. The predicted octanol–water partition coefficient (Wildman–Crippen LogP) is 3.76. The summed E-state index contributed by atoms with van der Waals surface area (Å²) in [5.74, 6) is 0.567. The van der Waals surface area contributed by atoms with Gasteiger partial charge in [-0.25, -0.2) is 0 Å². The molecule has 0 atom stereocenters. The Labute approximate surface area is 156 Å². The molecule has 2 rings (SSSR count). The summed E-state index contributed by atoms with van der Waals surface area (Å²) < 4.78 is 5.64. The number of nitro benzene ring substituents is 1. The van der Waals surface area contributed by atoms with Gasteiger partial charge in [-0.2, -0.15) is 0 Å². The lowest BCUT2D eigenvalue weighted by Gasteiger charge is -2.12. The van der Waals surface area contributed by atoms with Gasteiger partial charge >= 0.3 is 0 Å². The summed E-state index contributed by atoms with van der Waals surface area (Å²) in [7, 11) is 0. The van der Waals surface area contributed by atoms with E-state index in [4.69, 9.17) is 17.0 Å². The van der Waals surface area contributed by atoms with Crippen LogP contribution in [0.3, 0.4) is 0 Å². The molecule has 0 fully saturated rings. The molecule has 2 aromatic rings. The van der Waals surface area contributed by atoms with E-state index in [2.05, 4.69) is 24.5 Å². The third-order valence-corrected chi connectivity index (χ3v) is 3.43. The summed E-state index contributed by atoms with van der Waals surface area (Å²) in [5.41, 5.74) is 0.652. The van der Waals surface area contributed by atoms with Crippen LogP contribution < -0.4 is 15.4 Å². The van der Waals surface area contributed by atoms with Crippen molar-refractivity contribution in [2.75, 3.05) is 11.9 Å². The number of hydrogen-bond donors (Lipinski definition) is 2. The Bertz CT molecular complexity index is 824. The highest BCUT2D eigenvalue weighted by Crippen LogP contribution is 2.18. The molecule has 136 valence electrons. The minimum absolute atomic E-state index is 0.0857.